The third kappa shape index (κ3) is 3.71. The number of carbonyl (C=O) groups is 1. The van der Waals surface area contributed by atoms with Gasteiger partial charge in [-0.25, -0.2) is 4.98 Å². The van der Waals surface area contributed by atoms with Gasteiger partial charge in [-0.2, -0.15) is 0 Å². The molecule has 1 fully saturated rings. The molecular formula is C17H17N8O3S+. The molecule has 11 nitrogen and oxygen atoms in total. The van der Waals surface area contributed by atoms with Gasteiger partial charge in [-0.1, -0.05) is 30.0 Å². The standard InChI is InChI=1S/C17H16N8O3S/c26-13(19-14-9-25(23-28-14)24-5-7-27-8-6-24)10-29-17-20-16-15(21-22-17)11-3-1-2-4-12(11)18-16/h1-4,9H,5-8,10H2,(H-,18,19,20,21,22,23,26)/p+1. The van der Waals surface area contributed by atoms with Gasteiger partial charge >= 0.3 is 5.88 Å². The van der Waals surface area contributed by atoms with Crippen molar-refractivity contribution < 1.29 is 18.8 Å². The minimum absolute atomic E-state index is 0.117. The number of benzene rings is 1. The number of para-hydroxylation sites is 1. The minimum Gasteiger partial charge on any atom is -0.377 e. The number of rotatable bonds is 5. The molecule has 0 aliphatic carbocycles. The molecule has 1 aliphatic rings. The summed E-state index contributed by atoms with van der Waals surface area (Å²) < 4.78 is 10.5. The van der Waals surface area contributed by atoms with Crippen molar-refractivity contribution in [2.75, 3.05) is 42.4 Å². The molecule has 29 heavy (non-hydrogen) atoms. The van der Waals surface area contributed by atoms with E-state index in [0.717, 1.165) is 10.9 Å². The third-order valence-electron chi connectivity index (χ3n) is 4.43. The number of aromatic nitrogens is 6. The second-order valence-electron chi connectivity index (χ2n) is 6.35. The van der Waals surface area contributed by atoms with Crippen molar-refractivity contribution in [1.29, 1.82) is 0 Å². The molecule has 1 saturated heterocycles. The number of anilines is 1. The Bertz CT molecular complexity index is 1170. The topological polar surface area (TPSA) is 126 Å². The highest BCUT2D eigenvalue weighted by molar-refractivity contribution is 7.99. The lowest BCUT2D eigenvalue weighted by Crippen LogP contribution is -2.62. The Labute approximate surface area is 168 Å². The highest BCUT2D eigenvalue weighted by Crippen LogP contribution is 2.23. The number of nitrogens with zero attached hydrogens (tertiary/aromatic N) is 6. The smallest absolute Gasteiger partial charge is 0.305 e. The predicted molar refractivity (Wildman–Crippen MR) is 104 cm³/mol. The molecule has 0 spiro atoms. The van der Waals surface area contributed by atoms with Crippen molar-refractivity contribution in [3.63, 3.8) is 0 Å². The largest absolute Gasteiger partial charge is 0.377 e. The Balaban J connectivity index is 1.21. The average molecular weight is 413 g/mol. The first-order valence-electron chi connectivity index (χ1n) is 9.02. The van der Waals surface area contributed by atoms with E-state index < -0.39 is 0 Å². The van der Waals surface area contributed by atoms with Crippen LogP contribution >= 0.6 is 11.8 Å². The van der Waals surface area contributed by atoms with E-state index in [1.165, 1.54) is 11.8 Å². The maximum absolute atomic E-state index is 12.2. The fourth-order valence-corrected chi connectivity index (χ4v) is 3.64. The molecule has 0 saturated carbocycles. The molecule has 12 heteroatoms. The Morgan fingerprint density at radius 2 is 2.14 bits per heavy atom. The van der Waals surface area contributed by atoms with E-state index in [1.807, 2.05) is 29.3 Å². The van der Waals surface area contributed by atoms with Crippen LogP contribution in [0.3, 0.4) is 0 Å². The van der Waals surface area contributed by atoms with Crippen molar-refractivity contribution >= 4 is 45.6 Å². The van der Waals surface area contributed by atoms with Gasteiger partial charge in [0, 0.05) is 10.9 Å². The van der Waals surface area contributed by atoms with Gasteiger partial charge in [-0.3, -0.25) is 14.6 Å². The Kier molecular flexibility index (Phi) is 4.69. The summed E-state index contributed by atoms with van der Waals surface area (Å²) in [6.07, 6.45) is 1.63. The molecule has 5 rings (SSSR count). The lowest BCUT2D eigenvalue weighted by atomic mass is 10.2. The van der Waals surface area contributed by atoms with E-state index in [2.05, 4.69) is 30.8 Å². The summed E-state index contributed by atoms with van der Waals surface area (Å²) in [4.78, 5) is 21.5. The molecule has 0 radical (unpaired) electrons. The van der Waals surface area contributed by atoms with Crippen LogP contribution in [0.4, 0.5) is 5.88 Å². The number of hydrogen-bond donors (Lipinski definition) is 2. The Hall–Kier alpha value is -3.25. The number of morpholine rings is 1. The molecule has 1 aliphatic heterocycles. The highest BCUT2D eigenvalue weighted by atomic mass is 32.2. The number of hydrogen-bond acceptors (Lipinski definition) is 9. The molecule has 0 atom stereocenters. The molecule has 1 aromatic carbocycles. The van der Waals surface area contributed by atoms with E-state index in [1.54, 1.807) is 11.0 Å². The summed E-state index contributed by atoms with van der Waals surface area (Å²) in [5, 5.41) is 18.3. The van der Waals surface area contributed by atoms with E-state index in [0.29, 0.717) is 42.6 Å². The third-order valence-corrected chi connectivity index (χ3v) is 5.27. The summed E-state index contributed by atoms with van der Waals surface area (Å²) in [5.74, 6) is 0.138. The van der Waals surface area contributed by atoms with E-state index in [-0.39, 0.29) is 17.5 Å². The first-order chi connectivity index (χ1) is 14.3. The van der Waals surface area contributed by atoms with Crippen molar-refractivity contribution in [3.05, 3.63) is 30.5 Å². The number of nitrogens with one attached hydrogen (secondary N) is 2. The predicted octanol–water partition coefficient (Wildman–Crippen LogP) is 0.481. The molecule has 3 aromatic heterocycles. The van der Waals surface area contributed by atoms with Gasteiger partial charge in [0.15, 0.2) is 5.65 Å². The van der Waals surface area contributed by atoms with E-state index in [4.69, 9.17) is 9.26 Å². The number of amides is 1. The van der Waals surface area contributed by atoms with Crippen LogP contribution in [-0.4, -0.2) is 63.4 Å². The monoisotopic (exact) mass is 413 g/mol. The summed E-state index contributed by atoms with van der Waals surface area (Å²) in [6.45, 7) is 2.68. The molecule has 2 N–H and O–H groups in total. The first-order valence-corrected chi connectivity index (χ1v) is 10.0. The van der Waals surface area contributed by atoms with Crippen LogP contribution < -0.4 is 15.1 Å². The molecule has 4 aromatic rings. The summed E-state index contributed by atoms with van der Waals surface area (Å²) >= 11 is 1.19. The van der Waals surface area contributed by atoms with Crippen molar-refractivity contribution in [3.8, 4) is 0 Å². The number of fused-ring (bicyclic) bond motifs is 3. The molecule has 0 unspecified atom stereocenters. The maximum atomic E-state index is 12.2. The zero-order valence-corrected chi connectivity index (χ0v) is 16.1. The van der Waals surface area contributed by atoms with Crippen LogP contribution in [0.1, 0.15) is 0 Å². The fraction of sp³-hybridized carbons (Fsp3) is 0.294. The molecule has 148 valence electrons. The van der Waals surface area contributed by atoms with Crippen LogP contribution in [-0.2, 0) is 9.53 Å². The van der Waals surface area contributed by atoms with Crippen LogP contribution in [0.5, 0.6) is 0 Å². The van der Waals surface area contributed by atoms with Crippen LogP contribution in [0.15, 0.2) is 40.1 Å². The number of H-pyrrole nitrogens is 1. The summed E-state index contributed by atoms with van der Waals surface area (Å²) in [5.41, 5.74) is 2.30. The van der Waals surface area contributed by atoms with Gasteiger partial charge in [-0.05, 0) is 6.07 Å². The van der Waals surface area contributed by atoms with Crippen molar-refractivity contribution in [1.82, 2.24) is 25.4 Å². The van der Waals surface area contributed by atoms with Crippen LogP contribution in [0.2, 0.25) is 0 Å². The Morgan fingerprint density at radius 1 is 1.28 bits per heavy atom. The summed E-state index contributed by atoms with van der Waals surface area (Å²) in [6, 6.07) is 7.80. The molecular weight excluding hydrogens is 396 g/mol. The van der Waals surface area contributed by atoms with Crippen LogP contribution in [0, 0.1) is 0 Å². The zero-order chi connectivity index (χ0) is 19.6. The fourth-order valence-electron chi connectivity index (χ4n) is 3.06. The van der Waals surface area contributed by atoms with Gasteiger partial charge in [0.2, 0.25) is 16.3 Å². The number of carbonyl (C=O) groups excluding carboxylic acids is 1. The average Bonchev–Trinajstić information content (AvgIpc) is 3.37. The molecule has 4 heterocycles. The van der Waals surface area contributed by atoms with E-state index in [9.17, 15) is 4.79 Å². The van der Waals surface area contributed by atoms with Gasteiger partial charge in [0.05, 0.1) is 36.8 Å². The first kappa shape index (κ1) is 17.8. The zero-order valence-electron chi connectivity index (χ0n) is 15.2. The summed E-state index contributed by atoms with van der Waals surface area (Å²) in [7, 11) is 0. The number of thioether (sulfide) groups is 1. The molecule has 1 amide bonds. The lowest BCUT2D eigenvalue weighted by Gasteiger charge is -2.18. The maximum Gasteiger partial charge on any atom is 0.305 e. The van der Waals surface area contributed by atoms with Crippen molar-refractivity contribution in [2.24, 2.45) is 0 Å². The van der Waals surface area contributed by atoms with Gasteiger partial charge < -0.3 is 9.72 Å². The van der Waals surface area contributed by atoms with Crippen LogP contribution in [0.25, 0.3) is 22.1 Å². The Morgan fingerprint density at radius 3 is 3.03 bits per heavy atom. The second kappa shape index (κ2) is 7.64. The second-order valence-corrected chi connectivity index (χ2v) is 7.29. The highest BCUT2D eigenvalue weighted by Gasteiger charge is 2.23. The van der Waals surface area contributed by atoms with Gasteiger partial charge in [0.25, 0.3) is 6.20 Å². The van der Waals surface area contributed by atoms with Crippen molar-refractivity contribution in [2.45, 2.75) is 5.16 Å². The molecule has 0 bridgehead atoms. The normalized spacial score (nSPS) is 14.6. The lowest BCUT2D eigenvalue weighted by molar-refractivity contribution is -0.759. The number of aromatic amines is 1. The van der Waals surface area contributed by atoms with E-state index >= 15 is 0 Å². The SMILES string of the molecule is O=C(CSc1nnc2c(n1)[nH]c1ccccc12)Nc1c[n+](N2CCOCC2)no1. The quantitative estimate of drug-likeness (QED) is 0.355. The van der Waals surface area contributed by atoms with Gasteiger partial charge in [-0.15, -0.1) is 15.2 Å². The van der Waals surface area contributed by atoms with Gasteiger partial charge in [0.1, 0.15) is 5.52 Å². The minimum atomic E-state index is -0.249. The number of ether oxygens (including phenoxy) is 1.